The van der Waals surface area contributed by atoms with Gasteiger partial charge < -0.3 is 14.5 Å². The molecule has 1 amide bonds. The Hall–Kier alpha value is -3.88. The number of nitrogens with one attached hydrogen (secondary N) is 1. The van der Waals surface area contributed by atoms with Crippen LogP contribution in [-0.2, 0) is 0 Å². The number of imidazole rings is 1. The van der Waals surface area contributed by atoms with Crippen molar-refractivity contribution < 1.29 is 9.18 Å². The Morgan fingerprint density at radius 1 is 1.19 bits per heavy atom. The van der Waals surface area contributed by atoms with Crippen molar-refractivity contribution in [3.05, 3.63) is 72.5 Å². The van der Waals surface area contributed by atoms with Crippen molar-refractivity contribution in [2.75, 3.05) is 5.32 Å². The fourth-order valence-electron chi connectivity index (χ4n) is 3.51. The molecule has 0 radical (unpaired) electrons. The zero-order chi connectivity index (χ0) is 22.2. The van der Waals surface area contributed by atoms with Gasteiger partial charge in [0, 0.05) is 23.8 Å². The van der Waals surface area contributed by atoms with Crippen molar-refractivity contribution in [3.63, 3.8) is 0 Å². The molecule has 0 unspecified atom stereocenters. The van der Waals surface area contributed by atoms with E-state index in [1.54, 1.807) is 43.0 Å². The topological polar surface area (TPSA) is 90.5 Å². The minimum Gasteiger partial charge on any atom is -0.318 e. The summed E-state index contributed by atoms with van der Waals surface area (Å²) in [5, 5.41) is 10.7. The number of pyridine rings is 1. The normalized spacial score (nSPS) is 13.5. The van der Waals surface area contributed by atoms with Gasteiger partial charge in [-0.2, -0.15) is 0 Å². The molecule has 1 aliphatic carbocycles. The number of halogens is 1. The average Bonchev–Trinajstić information content (AvgIpc) is 3.31. The first-order chi connectivity index (χ1) is 15.5. The van der Waals surface area contributed by atoms with Gasteiger partial charge in [0.25, 0.3) is 5.91 Å². The lowest BCUT2D eigenvalue weighted by Crippen LogP contribution is -2.15. The molecule has 32 heavy (non-hydrogen) atoms. The minimum atomic E-state index is -0.527. The molecule has 0 atom stereocenters. The fourth-order valence-corrected chi connectivity index (χ4v) is 3.51. The van der Waals surface area contributed by atoms with Crippen LogP contribution in [0.15, 0.2) is 55.2 Å². The van der Waals surface area contributed by atoms with E-state index in [0.717, 1.165) is 18.5 Å². The van der Waals surface area contributed by atoms with E-state index in [9.17, 15) is 9.18 Å². The lowest BCUT2D eigenvalue weighted by Gasteiger charge is -2.11. The Bertz CT molecular complexity index is 1290. The Balaban J connectivity index is 1.39. The molecular weight excluding hydrogens is 409 g/mol. The molecule has 5 rings (SSSR count). The van der Waals surface area contributed by atoms with Crippen molar-refractivity contribution >= 4 is 11.6 Å². The van der Waals surface area contributed by atoms with Crippen LogP contribution in [0.1, 0.15) is 54.8 Å². The number of rotatable bonds is 6. The van der Waals surface area contributed by atoms with Crippen LogP contribution in [0.2, 0.25) is 0 Å². The molecule has 3 aromatic heterocycles. The summed E-state index contributed by atoms with van der Waals surface area (Å²) in [7, 11) is 0. The standard InChI is InChI=1S/C23H22FN7O/c1-14(2)31-13-26-29-22(31)18-4-3-5-19(27-18)23(32)28-20-10-16(8-9-17(20)24)30-11-21(25-12-30)15-6-7-15/h3-5,8-15H,6-7H2,1-2H3,(H,28,32). The van der Waals surface area contributed by atoms with Gasteiger partial charge in [0.1, 0.15) is 23.5 Å². The van der Waals surface area contributed by atoms with Crippen molar-refractivity contribution in [1.29, 1.82) is 0 Å². The zero-order valence-electron chi connectivity index (χ0n) is 17.7. The Kier molecular flexibility index (Phi) is 5.01. The van der Waals surface area contributed by atoms with Crippen LogP contribution in [0, 0.1) is 5.82 Å². The smallest absolute Gasteiger partial charge is 0.274 e. The highest BCUT2D eigenvalue weighted by molar-refractivity contribution is 6.03. The molecular formula is C23H22FN7O. The maximum atomic E-state index is 14.5. The van der Waals surface area contributed by atoms with E-state index in [4.69, 9.17) is 0 Å². The Morgan fingerprint density at radius 3 is 2.81 bits per heavy atom. The second-order valence-corrected chi connectivity index (χ2v) is 8.16. The van der Waals surface area contributed by atoms with Gasteiger partial charge in [-0.05, 0) is 57.0 Å². The van der Waals surface area contributed by atoms with Gasteiger partial charge in [-0.25, -0.2) is 14.4 Å². The summed E-state index contributed by atoms with van der Waals surface area (Å²) in [6.07, 6.45) is 7.59. The van der Waals surface area contributed by atoms with Crippen LogP contribution in [-0.4, -0.2) is 35.2 Å². The maximum absolute atomic E-state index is 14.5. The molecule has 9 heteroatoms. The van der Waals surface area contributed by atoms with Crippen LogP contribution < -0.4 is 5.32 Å². The molecule has 1 aliphatic rings. The summed E-state index contributed by atoms with van der Waals surface area (Å²) in [5.41, 5.74) is 2.50. The summed E-state index contributed by atoms with van der Waals surface area (Å²) in [4.78, 5) is 21.7. The Labute approximate surface area is 184 Å². The molecule has 1 N–H and O–H groups in total. The highest BCUT2D eigenvalue weighted by Gasteiger charge is 2.26. The molecule has 3 heterocycles. The van der Waals surface area contributed by atoms with Gasteiger partial charge in [-0.1, -0.05) is 6.07 Å². The van der Waals surface area contributed by atoms with Gasteiger partial charge in [0.2, 0.25) is 0 Å². The third-order valence-corrected chi connectivity index (χ3v) is 5.43. The lowest BCUT2D eigenvalue weighted by atomic mass is 10.2. The molecule has 0 bridgehead atoms. The van der Waals surface area contributed by atoms with E-state index in [2.05, 4.69) is 25.5 Å². The maximum Gasteiger partial charge on any atom is 0.274 e. The monoisotopic (exact) mass is 431 g/mol. The fraction of sp³-hybridized carbons (Fsp3) is 0.261. The number of carbonyl (C=O) groups excluding carboxylic acids is 1. The number of carbonyl (C=O) groups is 1. The first-order valence-corrected chi connectivity index (χ1v) is 10.5. The first kappa shape index (κ1) is 20.0. The predicted octanol–water partition coefficient (Wildman–Crippen LogP) is 4.38. The number of hydrogen-bond donors (Lipinski definition) is 1. The number of amides is 1. The van der Waals surface area contributed by atoms with E-state index >= 15 is 0 Å². The molecule has 1 fully saturated rings. The van der Waals surface area contributed by atoms with E-state index in [0.29, 0.717) is 23.1 Å². The first-order valence-electron chi connectivity index (χ1n) is 10.5. The molecule has 1 aromatic carbocycles. The molecule has 8 nitrogen and oxygen atoms in total. The van der Waals surface area contributed by atoms with Crippen molar-refractivity contribution in [2.45, 2.75) is 38.6 Å². The third-order valence-electron chi connectivity index (χ3n) is 5.43. The summed E-state index contributed by atoms with van der Waals surface area (Å²) in [6.45, 7) is 4.01. The van der Waals surface area contributed by atoms with Gasteiger partial charge in [0.15, 0.2) is 5.82 Å². The van der Waals surface area contributed by atoms with Crippen LogP contribution in [0.25, 0.3) is 17.2 Å². The van der Waals surface area contributed by atoms with E-state index in [-0.39, 0.29) is 17.4 Å². The van der Waals surface area contributed by atoms with Gasteiger partial charge >= 0.3 is 0 Å². The van der Waals surface area contributed by atoms with Crippen LogP contribution in [0.3, 0.4) is 0 Å². The van der Waals surface area contributed by atoms with Crippen molar-refractivity contribution in [3.8, 4) is 17.2 Å². The summed E-state index contributed by atoms with van der Waals surface area (Å²) >= 11 is 0. The van der Waals surface area contributed by atoms with Crippen molar-refractivity contribution in [2.24, 2.45) is 0 Å². The SMILES string of the molecule is CC(C)n1cnnc1-c1cccc(C(=O)Nc2cc(-n3cnc(C4CC4)c3)ccc2F)n1. The summed E-state index contributed by atoms with van der Waals surface area (Å²) < 4.78 is 18.2. The van der Waals surface area contributed by atoms with Gasteiger partial charge in [0.05, 0.1) is 17.7 Å². The zero-order valence-corrected chi connectivity index (χ0v) is 17.7. The minimum absolute atomic E-state index is 0.0757. The highest BCUT2D eigenvalue weighted by Crippen LogP contribution is 2.39. The van der Waals surface area contributed by atoms with Gasteiger partial charge in [-0.15, -0.1) is 10.2 Å². The van der Waals surface area contributed by atoms with Crippen LogP contribution in [0.4, 0.5) is 10.1 Å². The second-order valence-electron chi connectivity index (χ2n) is 8.16. The van der Waals surface area contributed by atoms with E-state index in [1.165, 1.54) is 6.07 Å². The van der Waals surface area contributed by atoms with Crippen LogP contribution in [0.5, 0.6) is 0 Å². The molecule has 4 aromatic rings. The Morgan fingerprint density at radius 2 is 2.03 bits per heavy atom. The molecule has 1 saturated carbocycles. The van der Waals surface area contributed by atoms with Crippen LogP contribution >= 0.6 is 0 Å². The number of benzene rings is 1. The number of nitrogens with zero attached hydrogens (tertiary/aromatic N) is 6. The third kappa shape index (κ3) is 3.89. The summed E-state index contributed by atoms with van der Waals surface area (Å²) in [6, 6.07) is 9.77. The average molecular weight is 431 g/mol. The van der Waals surface area contributed by atoms with E-state index < -0.39 is 11.7 Å². The molecule has 0 spiro atoms. The predicted molar refractivity (Wildman–Crippen MR) is 117 cm³/mol. The number of hydrogen-bond acceptors (Lipinski definition) is 5. The number of aromatic nitrogens is 6. The van der Waals surface area contributed by atoms with E-state index in [1.807, 2.05) is 29.2 Å². The lowest BCUT2D eigenvalue weighted by molar-refractivity contribution is 0.102. The quantitative estimate of drug-likeness (QED) is 0.489. The largest absolute Gasteiger partial charge is 0.318 e. The highest BCUT2D eigenvalue weighted by atomic mass is 19.1. The molecule has 162 valence electrons. The second kappa shape index (κ2) is 7.99. The molecule has 0 aliphatic heterocycles. The van der Waals surface area contributed by atoms with Gasteiger partial charge in [-0.3, -0.25) is 4.79 Å². The number of anilines is 1. The van der Waals surface area contributed by atoms with Crippen molar-refractivity contribution in [1.82, 2.24) is 29.3 Å². The molecule has 0 saturated heterocycles. The summed E-state index contributed by atoms with van der Waals surface area (Å²) in [5.74, 6) is 0.0493.